The number of anilines is 1. The van der Waals surface area contributed by atoms with E-state index >= 15 is 0 Å². The van der Waals surface area contributed by atoms with Gasteiger partial charge in [0.15, 0.2) is 12.1 Å². The molecule has 4 rings (SSSR count). The number of nitrogens with zero attached hydrogens (tertiary/aromatic N) is 3. The molecular formula is C25H31F6N3O5. The van der Waals surface area contributed by atoms with Crippen LogP contribution in [0.1, 0.15) is 37.3 Å². The molecule has 39 heavy (non-hydrogen) atoms. The van der Waals surface area contributed by atoms with E-state index in [1.807, 2.05) is 4.90 Å². The van der Waals surface area contributed by atoms with Crippen LogP contribution in [-0.4, -0.2) is 91.2 Å². The van der Waals surface area contributed by atoms with E-state index in [2.05, 4.69) is 4.74 Å². The van der Waals surface area contributed by atoms with Crippen molar-refractivity contribution < 1.29 is 50.5 Å². The number of likely N-dealkylation sites (tertiary alicyclic amines) is 2. The molecule has 1 aromatic rings. The molecule has 1 N–H and O–H groups in total. The molecule has 3 fully saturated rings. The first-order valence-electron chi connectivity index (χ1n) is 12.7. The van der Waals surface area contributed by atoms with Gasteiger partial charge >= 0.3 is 24.4 Å². The van der Waals surface area contributed by atoms with Crippen molar-refractivity contribution in [3.8, 4) is 0 Å². The Kier molecular flexibility index (Phi) is 8.27. The van der Waals surface area contributed by atoms with Crippen LogP contribution in [0.15, 0.2) is 18.2 Å². The summed E-state index contributed by atoms with van der Waals surface area (Å²) in [6.45, 7) is 2.85. The molecule has 218 valence electrons. The molecular weight excluding hydrogens is 536 g/mol. The lowest BCUT2D eigenvalue weighted by molar-refractivity contribution is -0.200. The van der Waals surface area contributed by atoms with Gasteiger partial charge in [-0.15, -0.1) is 0 Å². The van der Waals surface area contributed by atoms with Crippen LogP contribution in [0.4, 0.5) is 36.8 Å². The minimum Gasteiger partial charge on any atom is -0.480 e. The second kappa shape index (κ2) is 11.0. The first kappa shape index (κ1) is 29.2. The maximum Gasteiger partial charge on any atom is 0.425 e. The molecule has 3 saturated heterocycles. The number of morpholine rings is 1. The minimum atomic E-state index is -4.64. The molecule has 3 heterocycles. The van der Waals surface area contributed by atoms with Gasteiger partial charge in [-0.1, -0.05) is 0 Å². The summed E-state index contributed by atoms with van der Waals surface area (Å²) in [5.74, 6) is -1.18. The Balaban J connectivity index is 1.42. The normalized spacial score (nSPS) is 23.2. The number of alkyl halides is 6. The van der Waals surface area contributed by atoms with E-state index in [9.17, 15) is 41.0 Å². The minimum absolute atomic E-state index is 0.130. The molecule has 1 aromatic carbocycles. The molecule has 14 heteroatoms. The number of carboxylic acids is 1. The molecule has 3 aliphatic rings. The lowest BCUT2D eigenvalue weighted by Gasteiger charge is -2.39. The van der Waals surface area contributed by atoms with Crippen LogP contribution in [0.5, 0.6) is 0 Å². The zero-order chi connectivity index (χ0) is 28.6. The third-order valence-electron chi connectivity index (χ3n) is 7.79. The van der Waals surface area contributed by atoms with Gasteiger partial charge in [0.2, 0.25) is 0 Å². The van der Waals surface area contributed by atoms with Gasteiger partial charge in [-0.25, -0.2) is 9.59 Å². The fourth-order valence-electron chi connectivity index (χ4n) is 5.50. The number of carbonyl (C=O) groups is 2. The highest BCUT2D eigenvalue weighted by Gasteiger charge is 2.44. The van der Waals surface area contributed by atoms with Crippen molar-refractivity contribution >= 4 is 17.7 Å². The summed E-state index contributed by atoms with van der Waals surface area (Å²) in [6.07, 6.45) is -10.6. The van der Waals surface area contributed by atoms with Crippen molar-refractivity contribution in [2.75, 3.05) is 50.8 Å². The predicted octanol–water partition coefficient (Wildman–Crippen LogP) is 4.37. The molecule has 0 bridgehead atoms. The number of halogens is 6. The number of amides is 1. The molecule has 2 unspecified atom stereocenters. The van der Waals surface area contributed by atoms with Crippen molar-refractivity contribution in [1.29, 1.82) is 0 Å². The van der Waals surface area contributed by atoms with Gasteiger partial charge in [-0.2, -0.15) is 26.3 Å². The molecule has 0 saturated carbocycles. The van der Waals surface area contributed by atoms with E-state index in [1.54, 1.807) is 6.07 Å². The summed E-state index contributed by atoms with van der Waals surface area (Å²) >= 11 is 0. The Morgan fingerprint density at radius 3 is 2.36 bits per heavy atom. The van der Waals surface area contributed by atoms with E-state index in [1.165, 1.54) is 9.80 Å². The van der Waals surface area contributed by atoms with Gasteiger partial charge in [0, 0.05) is 38.4 Å². The van der Waals surface area contributed by atoms with Crippen molar-refractivity contribution in [2.45, 2.75) is 57.2 Å². The summed E-state index contributed by atoms with van der Waals surface area (Å²) in [4.78, 5) is 28.5. The summed E-state index contributed by atoms with van der Waals surface area (Å²) in [6, 6.07) is 2.53. The van der Waals surface area contributed by atoms with Gasteiger partial charge in [-0.3, -0.25) is 4.90 Å². The standard InChI is InChI=1S/C25H31F6N3O5/c1-16(24(26,27)28)39-22(37)33-6-3-23(4-7-33)2-5-32(15-23)13-17-10-18(25(29,30)31)12-19(11-17)34-8-9-38-14-20(34)21(35)36/h10-12,16,20H,2-9,13-15H2,1H3,(H,35,36). The number of hydrogen-bond donors (Lipinski definition) is 1. The van der Waals surface area contributed by atoms with Gasteiger partial charge in [0.1, 0.15) is 0 Å². The van der Waals surface area contributed by atoms with Crippen LogP contribution in [0.2, 0.25) is 0 Å². The Morgan fingerprint density at radius 1 is 1.08 bits per heavy atom. The van der Waals surface area contributed by atoms with E-state index in [0.29, 0.717) is 31.5 Å². The number of carboxylic acid groups (broad SMARTS) is 1. The van der Waals surface area contributed by atoms with Gasteiger partial charge in [0.05, 0.1) is 18.8 Å². The predicted molar refractivity (Wildman–Crippen MR) is 126 cm³/mol. The smallest absolute Gasteiger partial charge is 0.425 e. The lowest BCUT2D eigenvalue weighted by Crippen LogP contribution is -2.50. The molecule has 2 atom stereocenters. The van der Waals surface area contributed by atoms with Crippen molar-refractivity contribution in [3.05, 3.63) is 29.3 Å². The maximum atomic E-state index is 13.7. The SMILES string of the molecule is CC(OC(=O)N1CCC2(CCN(Cc3cc(N4CCOCC4C(=O)O)cc(C(F)(F)F)c3)C2)CC1)C(F)(F)F. The topological polar surface area (TPSA) is 82.5 Å². The summed E-state index contributed by atoms with van der Waals surface area (Å²) in [7, 11) is 0. The Labute approximate surface area is 221 Å². The second-order valence-electron chi connectivity index (χ2n) is 10.5. The van der Waals surface area contributed by atoms with Gasteiger partial charge < -0.3 is 24.4 Å². The van der Waals surface area contributed by atoms with Crippen LogP contribution in [0.3, 0.4) is 0 Å². The molecule has 0 aromatic heterocycles. The highest BCUT2D eigenvalue weighted by Crippen LogP contribution is 2.42. The third kappa shape index (κ3) is 6.89. The average molecular weight is 568 g/mol. The lowest BCUT2D eigenvalue weighted by atomic mass is 9.78. The molecule has 1 amide bonds. The third-order valence-corrected chi connectivity index (χ3v) is 7.79. The zero-order valence-corrected chi connectivity index (χ0v) is 21.4. The average Bonchev–Trinajstić information content (AvgIpc) is 3.24. The van der Waals surface area contributed by atoms with Crippen LogP contribution in [0, 0.1) is 5.41 Å². The fraction of sp³-hybridized carbons (Fsp3) is 0.680. The Bertz CT molecular complexity index is 1060. The second-order valence-corrected chi connectivity index (χ2v) is 10.5. The van der Waals surface area contributed by atoms with Crippen LogP contribution in [-0.2, 0) is 27.0 Å². The summed E-state index contributed by atoms with van der Waals surface area (Å²) in [5.41, 5.74) is -0.492. The number of carbonyl (C=O) groups excluding carboxylic acids is 1. The van der Waals surface area contributed by atoms with Crippen molar-refractivity contribution in [1.82, 2.24) is 9.80 Å². The largest absolute Gasteiger partial charge is 0.480 e. The number of aliphatic carboxylic acids is 1. The first-order chi connectivity index (χ1) is 18.2. The highest BCUT2D eigenvalue weighted by atomic mass is 19.4. The monoisotopic (exact) mass is 567 g/mol. The van der Waals surface area contributed by atoms with E-state index in [-0.39, 0.29) is 50.5 Å². The summed E-state index contributed by atoms with van der Waals surface area (Å²) < 4.78 is 89.1. The van der Waals surface area contributed by atoms with Crippen LogP contribution < -0.4 is 4.90 Å². The van der Waals surface area contributed by atoms with E-state index in [4.69, 9.17) is 4.74 Å². The van der Waals surface area contributed by atoms with E-state index < -0.39 is 42.1 Å². The fourth-order valence-corrected chi connectivity index (χ4v) is 5.50. The van der Waals surface area contributed by atoms with Gasteiger partial charge in [0.25, 0.3) is 0 Å². The first-order valence-corrected chi connectivity index (χ1v) is 12.7. The molecule has 1 spiro atoms. The van der Waals surface area contributed by atoms with Gasteiger partial charge in [-0.05, 0) is 61.9 Å². The number of rotatable bonds is 5. The van der Waals surface area contributed by atoms with Crippen molar-refractivity contribution in [3.63, 3.8) is 0 Å². The Morgan fingerprint density at radius 2 is 1.74 bits per heavy atom. The molecule has 8 nitrogen and oxygen atoms in total. The van der Waals surface area contributed by atoms with Crippen LogP contribution in [0.25, 0.3) is 0 Å². The molecule has 0 aliphatic carbocycles. The highest BCUT2D eigenvalue weighted by molar-refractivity contribution is 5.79. The zero-order valence-electron chi connectivity index (χ0n) is 21.4. The van der Waals surface area contributed by atoms with Crippen LogP contribution >= 0.6 is 0 Å². The van der Waals surface area contributed by atoms with E-state index in [0.717, 1.165) is 25.5 Å². The number of hydrogen-bond acceptors (Lipinski definition) is 6. The van der Waals surface area contributed by atoms with Crippen molar-refractivity contribution in [2.24, 2.45) is 5.41 Å². The molecule has 3 aliphatic heterocycles. The molecule has 0 radical (unpaired) electrons. The Hall–Kier alpha value is -2.74. The quantitative estimate of drug-likeness (QED) is 0.530. The number of piperidine rings is 1. The summed E-state index contributed by atoms with van der Waals surface area (Å²) in [5, 5.41) is 9.54. The number of benzene rings is 1. The maximum absolute atomic E-state index is 13.7. The number of ether oxygens (including phenoxy) is 2.